The van der Waals surface area contributed by atoms with Gasteiger partial charge in [0, 0.05) is 55.2 Å². The number of hydrogen-bond donors (Lipinski definition) is 3. The topological polar surface area (TPSA) is 136 Å². The average Bonchev–Trinajstić information content (AvgIpc) is 3.66. The number of benzene rings is 2. The highest BCUT2D eigenvalue weighted by Crippen LogP contribution is 2.20. The maximum absolute atomic E-state index is 12.6. The molecule has 0 aliphatic carbocycles. The third-order valence-electron chi connectivity index (χ3n) is 6.48. The quantitative estimate of drug-likeness (QED) is 0.230. The summed E-state index contributed by atoms with van der Waals surface area (Å²) in [5.41, 5.74) is 3.78. The standard InChI is InChI=1S/C29H30N8O3/c1-2-36(29(39)40)24-5-3-4-22(16-24)18-37-28(38)11-10-25(34-37)23-8-6-21(7-9-23)17-35(19-26-30-12-13-31-26)20-27-32-14-15-33-27/h3-16H,2,17-20H2,1H3,(H,30,31)(H,32,33)(H,39,40). The second kappa shape index (κ2) is 12.2. The fraction of sp³-hybridized carbons (Fsp3) is 0.207. The maximum atomic E-state index is 12.6. The van der Waals surface area contributed by atoms with E-state index in [4.69, 9.17) is 0 Å². The predicted molar refractivity (Wildman–Crippen MR) is 151 cm³/mol. The van der Waals surface area contributed by atoms with Crippen LogP contribution in [0.4, 0.5) is 10.5 Å². The zero-order chi connectivity index (χ0) is 27.9. The molecule has 0 bridgehead atoms. The number of H-pyrrole nitrogens is 2. The molecule has 0 saturated heterocycles. The van der Waals surface area contributed by atoms with Crippen molar-refractivity contribution in [2.75, 3.05) is 11.4 Å². The van der Waals surface area contributed by atoms with Gasteiger partial charge in [0.05, 0.1) is 25.3 Å². The van der Waals surface area contributed by atoms with Crippen molar-refractivity contribution < 1.29 is 9.90 Å². The molecule has 1 amide bonds. The van der Waals surface area contributed by atoms with Gasteiger partial charge in [-0.15, -0.1) is 0 Å². The van der Waals surface area contributed by atoms with Gasteiger partial charge in [-0.05, 0) is 36.2 Å². The predicted octanol–water partition coefficient (Wildman–Crippen LogP) is 4.11. The van der Waals surface area contributed by atoms with Crippen LogP contribution in [0.3, 0.4) is 0 Å². The monoisotopic (exact) mass is 538 g/mol. The van der Waals surface area contributed by atoms with Gasteiger partial charge in [0.2, 0.25) is 0 Å². The summed E-state index contributed by atoms with van der Waals surface area (Å²) in [6.07, 6.45) is 6.09. The summed E-state index contributed by atoms with van der Waals surface area (Å²) in [5, 5.41) is 14.0. The molecule has 5 rings (SSSR count). The van der Waals surface area contributed by atoms with Crippen molar-refractivity contribution in [3.05, 3.63) is 119 Å². The number of carbonyl (C=O) groups is 1. The molecule has 0 fully saturated rings. The van der Waals surface area contributed by atoms with Gasteiger partial charge < -0.3 is 15.1 Å². The number of nitrogens with one attached hydrogen (secondary N) is 2. The van der Waals surface area contributed by atoms with E-state index >= 15 is 0 Å². The van der Waals surface area contributed by atoms with Crippen molar-refractivity contribution in [3.8, 4) is 11.3 Å². The average molecular weight is 539 g/mol. The zero-order valence-corrected chi connectivity index (χ0v) is 22.1. The van der Waals surface area contributed by atoms with Gasteiger partial charge in [-0.3, -0.25) is 14.6 Å². The lowest BCUT2D eigenvalue weighted by atomic mass is 10.1. The number of aromatic nitrogens is 6. The van der Waals surface area contributed by atoms with E-state index < -0.39 is 6.09 Å². The minimum atomic E-state index is -1.02. The Morgan fingerprint density at radius 1 is 0.900 bits per heavy atom. The first-order chi connectivity index (χ1) is 19.5. The van der Waals surface area contributed by atoms with Gasteiger partial charge in [0.25, 0.3) is 5.56 Å². The van der Waals surface area contributed by atoms with E-state index in [1.165, 1.54) is 15.6 Å². The number of nitrogens with zero attached hydrogens (tertiary/aromatic N) is 6. The molecule has 0 aliphatic heterocycles. The molecule has 204 valence electrons. The highest BCUT2D eigenvalue weighted by Gasteiger charge is 2.14. The van der Waals surface area contributed by atoms with Gasteiger partial charge in [-0.1, -0.05) is 36.4 Å². The summed E-state index contributed by atoms with van der Waals surface area (Å²) in [5.74, 6) is 1.76. The summed E-state index contributed by atoms with van der Waals surface area (Å²) >= 11 is 0. The molecule has 3 N–H and O–H groups in total. The van der Waals surface area contributed by atoms with Gasteiger partial charge in [0.1, 0.15) is 11.6 Å². The van der Waals surface area contributed by atoms with E-state index in [0.29, 0.717) is 37.6 Å². The lowest BCUT2D eigenvalue weighted by Crippen LogP contribution is -2.29. The van der Waals surface area contributed by atoms with Gasteiger partial charge in [0.15, 0.2) is 0 Å². The molecule has 0 saturated carbocycles. The molecule has 0 radical (unpaired) electrons. The van der Waals surface area contributed by atoms with Crippen molar-refractivity contribution in [2.45, 2.75) is 33.1 Å². The molecule has 0 unspecified atom stereocenters. The SMILES string of the molecule is CCN(C(=O)O)c1cccc(Cn2nc(-c3ccc(CN(Cc4ncc[nH]4)Cc4ncc[nH]4)cc3)ccc2=O)c1. The summed E-state index contributed by atoms with van der Waals surface area (Å²) in [7, 11) is 0. The Balaban J connectivity index is 1.32. The number of rotatable bonds is 11. The van der Waals surface area contributed by atoms with Gasteiger partial charge in [-0.2, -0.15) is 5.10 Å². The second-order valence-corrected chi connectivity index (χ2v) is 9.33. The minimum Gasteiger partial charge on any atom is -0.465 e. The highest BCUT2D eigenvalue weighted by atomic mass is 16.4. The van der Waals surface area contributed by atoms with Crippen LogP contribution in [0.1, 0.15) is 29.7 Å². The summed E-state index contributed by atoms with van der Waals surface area (Å²) < 4.78 is 1.40. The number of amides is 1. The van der Waals surface area contributed by atoms with Crippen LogP contribution in [0.25, 0.3) is 11.3 Å². The molecule has 11 heteroatoms. The van der Waals surface area contributed by atoms with Gasteiger partial charge >= 0.3 is 6.09 Å². The van der Waals surface area contributed by atoms with Crippen LogP contribution < -0.4 is 10.5 Å². The molecule has 3 aromatic heterocycles. The Labute approximate surface area is 230 Å². The van der Waals surface area contributed by atoms with E-state index in [9.17, 15) is 14.7 Å². The molecule has 2 aromatic carbocycles. The number of carboxylic acid groups (broad SMARTS) is 1. The first-order valence-corrected chi connectivity index (χ1v) is 12.9. The lowest BCUT2D eigenvalue weighted by molar-refractivity contribution is 0.202. The first kappa shape index (κ1) is 26.6. The maximum Gasteiger partial charge on any atom is 0.411 e. The Morgan fingerprint density at radius 2 is 1.60 bits per heavy atom. The van der Waals surface area contributed by atoms with Crippen LogP contribution in [-0.4, -0.2) is 52.4 Å². The third-order valence-corrected chi connectivity index (χ3v) is 6.48. The summed E-state index contributed by atoms with van der Waals surface area (Å²) in [4.78, 5) is 42.7. The van der Waals surface area contributed by atoms with E-state index in [1.54, 1.807) is 43.6 Å². The summed E-state index contributed by atoms with van der Waals surface area (Å²) in [6, 6.07) is 18.5. The molecule has 0 aliphatic rings. The largest absolute Gasteiger partial charge is 0.465 e. The Bertz CT molecular complexity index is 1560. The van der Waals surface area contributed by atoms with Crippen LogP contribution in [-0.2, 0) is 26.2 Å². The van der Waals surface area contributed by atoms with Crippen molar-refractivity contribution >= 4 is 11.8 Å². The summed E-state index contributed by atoms with van der Waals surface area (Å²) in [6.45, 7) is 4.31. The Morgan fingerprint density at radius 3 is 2.20 bits per heavy atom. The molecule has 40 heavy (non-hydrogen) atoms. The van der Waals surface area contributed by atoms with Crippen LogP contribution >= 0.6 is 0 Å². The fourth-order valence-electron chi connectivity index (χ4n) is 4.54. The van der Waals surface area contributed by atoms with Crippen LogP contribution in [0.2, 0.25) is 0 Å². The molecular weight excluding hydrogens is 508 g/mol. The normalized spacial score (nSPS) is 11.2. The highest BCUT2D eigenvalue weighted by molar-refractivity contribution is 5.85. The number of anilines is 1. The number of aromatic amines is 2. The molecule has 11 nitrogen and oxygen atoms in total. The molecule has 3 heterocycles. The van der Waals surface area contributed by atoms with Crippen LogP contribution in [0.15, 0.2) is 90.2 Å². The Kier molecular flexibility index (Phi) is 8.12. The van der Waals surface area contributed by atoms with E-state index in [2.05, 4.69) is 42.1 Å². The van der Waals surface area contributed by atoms with E-state index in [0.717, 1.165) is 28.3 Å². The first-order valence-electron chi connectivity index (χ1n) is 12.9. The Hall–Kier alpha value is -5.03. The minimum absolute atomic E-state index is 0.226. The van der Waals surface area contributed by atoms with Gasteiger partial charge in [-0.25, -0.2) is 19.4 Å². The fourth-order valence-corrected chi connectivity index (χ4v) is 4.54. The lowest BCUT2D eigenvalue weighted by Gasteiger charge is -2.20. The smallest absolute Gasteiger partial charge is 0.411 e. The molecule has 0 spiro atoms. The molecule has 5 aromatic rings. The van der Waals surface area contributed by atoms with Crippen molar-refractivity contribution in [1.82, 2.24) is 34.6 Å². The van der Waals surface area contributed by atoms with Crippen molar-refractivity contribution in [3.63, 3.8) is 0 Å². The van der Waals surface area contributed by atoms with Crippen molar-refractivity contribution in [2.24, 2.45) is 0 Å². The molecular formula is C29H30N8O3. The van der Waals surface area contributed by atoms with Crippen LogP contribution in [0.5, 0.6) is 0 Å². The van der Waals surface area contributed by atoms with E-state index in [1.807, 2.05) is 30.6 Å². The zero-order valence-electron chi connectivity index (χ0n) is 22.1. The number of imidazole rings is 2. The third kappa shape index (κ3) is 6.51. The second-order valence-electron chi connectivity index (χ2n) is 9.33. The van der Waals surface area contributed by atoms with Crippen molar-refractivity contribution in [1.29, 1.82) is 0 Å². The van der Waals surface area contributed by atoms with Crippen LogP contribution in [0, 0.1) is 0 Å². The molecule has 0 atom stereocenters. The number of hydrogen-bond acceptors (Lipinski definition) is 6. The van der Waals surface area contributed by atoms with E-state index in [-0.39, 0.29) is 12.1 Å².